The molecule has 0 N–H and O–H groups in total. The van der Waals surface area contributed by atoms with Crippen LogP contribution in [0.2, 0.25) is 0 Å². The lowest BCUT2D eigenvalue weighted by atomic mass is 10.2. The van der Waals surface area contributed by atoms with Crippen molar-refractivity contribution in [2.75, 3.05) is 19.1 Å². The van der Waals surface area contributed by atoms with Crippen molar-refractivity contribution in [2.45, 2.75) is 19.8 Å². The predicted octanol–water partition coefficient (Wildman–Crippen LogP) is 2.03. The van der Waals surface area contributed by atoms with Crippen molar-refractivity contribution in [1.82, 2.24) is 0 Å². The number of hydrogen-bond donors (Lipinski definition) is 0. The maximum absolute atomic E-state index is 11.7. The third-order valence-electron chi connectivity index (χ3n) is 2.52. The Morgan fingerprint density at radius 2 is 1.76 bits per heavy atom. The molecule has 0 saturated heterocycles. The van der Waals surface area contributed by atoms with Crippen LogP contribution in [-0.4, -0.2) is 25.8 Å². The molecule has 4 heteroatoms. The zero-order valence-corrected chi connectivity index (χ0v) is 10.4. The highest BCUT2D eigenvalue weighted by atomic mass is 16.5. The molecule has 0 bridgehead atoms. The summed E-state index contributed by atoms with van der Waals surface area (Å²) in [5.74, 6) is 0.713. The van der Waals surface area contributed by atoms with Crippen molar-refractivity contribution < 1.29 is 14.3 Å². The molecule has 0 unspecified atom stereocenters. The van der Waals surface area contributed by atoms with Gasteiger partial charge in [-0.1, -0.05) is 0 Å². The number of ether oxygens (including phenoxy) is 1. The van der Waals surface area contributed by atoms with Gasteiger partial charge in [-0.15, -0.1) is 0 Å². The van der Waals surface area contributed by atoms with Crippen LogP contribution >= 0.6 is 0 Å². The molecule has 1 amide bonds. The Hall–Kier alpha value is -1.84. The number of methoxy groups -OCH3 is 1. The molecule has 4 nitrogen and oxygen atoms in total. The fraction of sp³-hybridized carbons (Fsp3) is 0.385. The number of Topliss-reactive ketones (excluding diaryl/α,β-unsaturated/α-hetero) is 1. The number of carbonyl (C=O) groups is 2. The van der Waals surface area contributed by atoms with Crippen LogP contribution in [-0.2, 0) is 9.59 Å². The monoisotopic (exact) mass is 235 g/mol. The van der Waals surface area contributed by atoms with Crippen LogP contribution in [0.25, 0.3) is 0 Å². The van der Waals surface area contributed by atoms with Crippen LogP contribution in [0.3, 0.4) is 0 Å². The van der Waals surface area contributed by atoms with E-state index in [4.69, 9.17) is 4.74 Å². The second-order valence-electron chi connectivity index (χ2n) is 3.85. The number of hydrogen-bond acceptors (Lipinski definition) is 3. The first-order valence-electron chi connectivity index (χ1n) is 5.44. The summed E-state index contributed by atoms with van der Waals surface area (Å²) in [7, 11) is 3.29. The number of nitrogens with zero attached hydrogens (tertiary/aromatic N) is 1. The fourth-order valence-electron chi connectivity index (χ4n) is 1.40. The van der Waals surface area contributed by atoms with Crippen LogP contribution < -0.4 is 9.64 Å². The van der Waals surface area contributed by atoms with E-state index in [2.05, 4.69) is 0 Å². The summed E-state index contributed by atoms with van der Waals surface area (Å²) < 4.78 is 5.04. The van der Waals surface area contributed by atoms with Gasteiger partial charge in [-0.2, -0.15) is 0 Å². The highest BCUT2D eigenvalue weighted by molar-refractivity contribution is 5.94. The van der Waals surface area contributed by atoms with E-state index in [1.54, 1.807) is 31.2 Å². The zero-order valence-electron chi connectivity index (χ0n) is 10.4. The van der Waals surface area contributed by atoms with Gasteiger partial charge in [0.15, 0.2) is 0 Å². The largest absolute Gasteiger partial charge is 0.497 e. The Morgan fingerprint density at radius 1 is 1.18 bits per heavy atom. The number of benzene rings is 1. The summed E-state index contributed by atoms with van der Waals surface area (Å²) in [5, 5.41) is 0. The van der Waals surface area contributed by atoms with Crippen molar-refractivity contribution in [1.29, 1.82) is 0 Å². The summed E-state index contributed by atoms with van der Waals surface area (Å²) in [6, 6.07) is 7.21. The van der Waals surface area contributed by atoms with Crippen molar-refractivity contribution in [3.05, 3.63) is 24.3 Å². The van der Waals surface area contributed by atoms with Gasteiger partial charge < -0.3 is 14.4 Å². The zero-order chi connectivity index (χ0) is 12.8. The minimum atomic E-state index is -0.0645. The van der Waals surface area contributed by atoms with Crippen LogP contribution in [0.15, 0.2) is 24.3 Å². The third kappa shape index (κ3) is 3.90. The first-order valence-corrected chi connectivity index (χ1v) is 5.44. The smallest absolute Gasteiger partial charge is 0.227 e. The molecular weight excluding hydrogens is 218 g/mol. The van der Waals surface area contributed by atoms with Crippen LogP contribution in [0.4, 0.5) is 5.69 Å². The SMILES string of the molecule is COc1ccc(N(C)C(=O)CCC(C)=O)cc1. The number of anilines is 1. The van der Waals surface area contributed by atoms with Crippen molar-refractivity contribution in [2.24, 2.45) is 0 Å². The van der Waals surface area contributed by atoms with Gasteiger partial charge in [0.2, 0.25) is 5.91 Å². The minimum absolute atomic E-state index is 0.0291. The molecule has 17 heavy (non-hydrogen) atoms. The Labute approximate surface area is 101 Å². The molecule has 0 atom stereocenters. The average Bonchev–Trinajstić information content (AvgIpc) is 2.35. The van der Waals surface area contributed by atoms with Gasteiger partial charge in [-0.3, -0.25) is 4.79 Å². The third-order valence-corrected chi connectivity index (χ3v) is 2.52. The van der Waals surface area contributed by atoms with Crippen LogP contribution in [0.1, 0.15) is 19.8 Å². The molecule has 0 saturated carbocycles. The van der Waals surface area contributed by atoms with E-state index in [0.717, 1.165) is 11.4 Å². The maximum atomic E-state index is 11.7. The normalized spacial score (nSPS) is 9.82. The summed E-state index contributed by atoms with van der Waals surface area (Å²) in [6.45, 7) is 1.49. The van der Waals surface area contributed by atoms with Gasteiger partial charge in [0, 0.05) is 25.6 Å². The number of rotatable bonds is 5. The van der Waals surface area contributed by atoms with E-state index in [0.29, 0.717) is 6.42 Å². The fourth-order valence-corrected chi connectivity index (χ4v) is 1.40. The second kappa shape index (κ2) is 6.03. The standard InChI is InChI=1S/C13H17NO3/c1-10(15)4-9-13(16)14(2)11-5-7-12(17-3)8-6-11/h5-8H,4,9H2,1-3H3. The van der Waals surface area contributed by atoms with Gasteiger partial charge in [0.05, 0.1) is 7.11 Å². The summed E-state index contributed by atoms with van der Waals surface area (Å²) >= 11 is 0. The van der Waals surface area contributed by atoms with Crippen molar-refractivity contribution in [3.8, 4) is 5.75 Å². The maximum Gasteiger partial charge on any atom is 0.227 e. The molecule has 0 spiro atoms. The molecule has 1 aromatic carbocycles. The molecule has 1 aromatic rings. The van der Waals surface area contributed by atoms with E-state index in [1.165, 1.54) is 6.92 Å². The topological polar surface area (TPSA) is 46.6 Å². The first kappa shape index (κ1) is 13.2. The van der Waals surface area contributed by atoms with Crippen LogP contribution in [0.5, 0.6) is 5.75 Å². The van der Waals surface area contributed by atoms with Gasteiger partial charge in [0.1, 0.15) is 11.5 Å². The molecule has 0 aliphatic carbocycles. The van der Waals surface area contributed by atoms with Crippen molar-refractivity contribution in [3.63, 3.8) is 0 Å². The number of amides is 1. The molecule has 0 aliphatic rings. The first-order chi connectivity index (χ1) is 8.04. The minimum Gasteiger partial charge on any atom is -0.497 e. The summed E-state index contributed by atoms with van der Waals surface area (Å²) in [6.07, 6.45) is 0.539. The summed E-state index contributed by atoms with van der Waals surface area (Å²) in [4.78, 5) is 24.1. The quantitative estimate of drug-likeness (QED) is 0.784. The van der Waals surface area contributed by atoms with Gasteiger partial charge in [0.25, 0.3) is 0 Å². The molecule has 0 aliphatic heterocycles. The van der Waals surface area contributed by atoms with Gasteiger partial charge >= 0.3 is 0 Å². The highest BCUT2D eigenvalue weighted by Crippen LogP contribution is 2.18. The molecule has 0 radical (unpaired) electrons. The van der Waals surface area contributed by atoms with Crippen molar-refractivity contribution >= 4 is 17.4 Å². The predicted molar refractivity (Wildman–Crippen MR) is 66.3 cm³/mol. The van der Waals surface area contributed by atoms with E-state index >= 15 is 0 Å². The van der Waals surface area contributed by atoms with E-state index in [9.17, 15) is 9.59 Å². The van der Waals surface area contributed by atoms with E-state index < -0.39 is 0 Å². The molecule has 0 fully saturated rings. The van der Waals surface area contributed by atoms with Gasteiger partial charge in [-0.05, 0) is 31.2 Å². The Balaban J connectivity index is 2.64. The Morgan fingerprint density at radius 3 is 2.24 bits per heavy atom. The number of ketones is 1. The lowest BCUT2D eigenvalue weighted by Gasteiger charge is -2.17. The van der Waals surface area contributed by atoms with E-state index in [-0.39, 0.29) is 18.1 Å². The lowest BCUT2D eigenvalue weighted by molar-refractivity contribution is -0.122. The summed E-state index contributed by atoms with van der Waals surface area (Å²) in [5.41, 5.74) is 0.791. The van der Waals surface area contributed by atoms with E-state index in [1.807, 2.05) is 12.1 Å². The van der Waals surface area contributed by atoms with Gasteiger partial charge in [-0.25, -0.2) is 0 Å². The Kier molecular flexibility index (Phi) is 4.69. The molecule has 1 rings (SSSR count). The highest BCUT2D eigenvalue weighted by Gasteiger charge is 2.11. The second-order valence-corrected chi connectivity index (χ2v) is 3.85. The number of carbonyl (C=O) groups excluding carboxylic acids is 2. The lowest BCUT2D eigenvalue weighted by Crippen LogP contribution is -2.26. The molecule has 92 valence electrons. The Bertz CT molecular complexity index is 398. The molecule has 0 aromatic heterocycles. The molecular formula is C13H17NO3. The molecule has 0 heterocycles. The van der Waals surface area contributed by atoms with Crippen LogP contribution in [0, 0.1) is 0 Å². The average molecular weight is 235 g/mol.